The number of rotatable bonds is 3. The summed E-state index contributed by atoms with van der Waals surface area (Å²) in [5.41, 5.74) is 1.72. The second-order valence-corrected chi connectivity index (χ2v) is 6.04. The van der Waals surface area contributed by atoms with E-state index in [1.807, 2.05) is 6.07 Å². The van der Waals surface area contributed by atoms with E-state index in [-0.39, 0.29) is 24.3 Å². The lowest BCUT2D eigenvalue weighted by atomic mass is 9.92. The molecule has 6 heteroatoms. The van der Waals surface area contributed by atoms with Gasteiger partial charge in [0.1, 0.15) is 0 Å². The summed E-state index contributed by atoms with van der Waals surface area (Å²) in [7, 11) is 0. The Morgan fingerprint density at radius 3 is 2.74 bits per heavy atom. The van der Waals surface area contributed by atoms with E-state index < -0.39 is 11.9 Å². The molecular formula is C13H19N3O3. The predicted octanol–water partition coefficient (Wildman–Crippen LogP) is 1.14. The van der Waals surface area contributed by atoms with Gasteiger partial charge in [-0.05, 0) is 6.07 Å². The number of hydrogen-bond acceptors (Lipinski definition) is 3. The Morgan fingerprint density at radius 1 is 1.58 bits per heavy atom. The summed E-state index contributed by atoms with van der Waals surface area (Å²) in [6, 6.07) is 1.93. The predicted molar refractivity (Wildman–Crippen MR) is 68.4 cm³/mol. The molecule has 1 aromatic heterocycles. The summed E-state index contributed by atoms with van der Waals surface area (Å²) >= 11 is 0. The van der Waals surface area contributed by atoms with Gasteiger partial charge < -0.3 is 10.0 Å². The minimum Gasteiger partial charge on any atom is -0.481 e. The Morgan fingerprint density at radius 2 is 2.26 bits per heavy atom. The van der Waals surface area contributed by atoms with Crippen molar-refractivity contribution >= 4 is 11.9 Å². The summed E-state index contributed by atoms with van der Waals surface area (Å²) in [4.78, 5) is 24.2. The topological polar surface area (TPSA) is 86.3 Å². The normalized spacial score (nSPS) is 20.1. The van der Waals surface area contributed by atoms with Gasteiger partial charge in [-0.2, -0.15) is 5.10 Å². The van der Waals surface area contributed by atoms with Crippen LogP contribution in [0.5, 0.6) is 0 Å². The van der Waals surface area contributed by atoms with Crippen LogP contribution in [-0.2, 0) is 21.5 Å². The van der Waals surface area contributed by atoms with Crippen LogP contribution in [0.1, 0.15) is 38.6 Å². The van der Waals surface area contributed by atoms with Crippen molar-refractivity contribution in [3.63, 3.8) is 0 Å². The van der Waals surface area contributed by atoms with E-state index >= 15 is 0 Å². The number of likely N-dealkylation sites (tertiary alicyclic amines) is 1. The Kier molecular flexibility index (Phi) is 3.34. The third kappa shape index (κ3) is 2.94. The highest BCUT2D eigenvalue weighted by atomic mass is 16.4. The number of nitrogens with one attached hydrogen (secondary N) is 1. The number of nitrogens with zero attached hydrogens (tertiary/aromatic N) is 2. The molecule has 104 valence electrons. The maximum atomic E-state index is 11.7. The summed E-state index contributed by atoms with van der Waals surface area (Å²) in [6.45, 7) is 6.86. The van der Waals surface area contributed by atoms with Crippen LogP contribution in [-0.4, -0.2) is 38.6 Å². The molecule has 1 unspecified atom stereocenters. The monoisotopic (exact) mass is 265 g/mol. The van der Waals surface area contributed by atoms with Crippen molar-refractivity contribution in [1.29, 1.82) is 0 Å². The van der Waals surface area contributed by atoms with E-state index in [1.165, 1.54) is 0 Å². The van der Waals surface area contributed by atoms with Crippen LogP contribution in [0.25, 0.3) is 0 Å². The number of carboxylic acids is 1. The molecule has 1 aliphatic heterocycles. The third-order valence-corrected chi connectivity index (χ3v) is 3.32. The van der Waals surface area contributed by atoms with Crippen molar-refractivity contribution in [3.05, 3.63) is 17.5 Å². The fraction of sp³-hybridized carbons (Fsp3) is 0.615. The van der Waals surface area contributed by atoms with E-state index in [1.54, 1.807) is 4.90 Å². The van der Waals surface area contributed by atoms with E-state index in [2.05, 4.69) is 31.0 Å². The summed E-state index contributed by atoms with van der Waals surface area (Å²) in [5.74, 6) is -1.60. The number of amides is 1. The Hall–Kier alpha value is -1.85. The molecular weight excluding hydrogens is 246 g/mol. The lowest BCUT2D eigenvalue weighted by molar-refractivity contribution is -0.141. The fourth-order valence-corrected chi connectivity index (χ4v) is 2.12. The maximum absolute atomic E-state index is 11.7. The zero-order valence-corrected chi connectivity index (χ0v) is 11.4. The quantitative estimate of drug-likeness (QED) is 0.858. The van der Waals surface area contributed by atoms with Crippen molar-refractivity contribution in [2.45, 2.75) is 39.2 Å². The van der Waals surface area contributed by atoms with Crippen LogP contribution in [0.15, 0.2) is 6.07 Å². The molecule has 1 fully saturated rings. The molecule has 1 atom stereocenters. The summed E-state index contributed by atoms with van der Waals surface area (Å²) in [6.07, 6.45) is 0.0929. The van der Waals surface area contributed by atoms with E-state index in [4.69, 9.17) is 5.11 Å². The highest BCUT2D eigenvalue weighted by Crippen LogP contribution is 2.23. The number of aromatic nitrogens is 2. The first kappa shape index (κ1) is 13.6. The highest BCUT2D eigenvalue weighted by Gasteiger charge is 2.34. The first-order valence-electron chi connectivity index (χ1n) is 6.32. The average Bonchev–Trinajstić information content (AvgIpc) is 2.86. The van der Waals surface area contributed by atoms with E-state index in [0.29, 0.717) is 6.54 Å². The first-order chi connectivity index (χ1) is 8.77. The first-order valence-corrected chi connectivity index (χ1v) is 6.32. The molecule has 0 saturated carbocycles. The molecule has 1 aromatic rings. The Labute approximate surface area is 111 Å². The minimum absolute atomic E-state index is 0.0482. The molecule has 0 spiro atoms. The number of H-pyrrole nitrogens is 1. The maximum Gasteiger partial charge on any atom is 0.308 e. The lowest BCUT2D eigenvalue weighted by Gasteiger charge is -2.15. The summed E-state index contributed by atoms with van der Waals surface area (Å²) in [5, 5.41) is 16.1. The third-order valence-electron chi connectivity index (χ3n) is 3.32. The van der Waals surface area contributed by atoms with Gasteiger partial charge in [0.2, 0.25) is 5.91 Å². The second-order valence-electron chi connectivity index (χ2n) is 6.04. The van der Waals surface area contributed by atoms with Crippen molar-refractivity contribution in [2.75, 3.05) is 6.54 Å². The largest absolute Gasteiger partial charge is 0.481 e. The van der Waals surface area contributed by atoms with Gasteiger partial charge in [-0.15, -0.1) is 0 Å². The molecule has 0 radical (unpaired) electrons. The van der Waals surface area contributed by atoms with Gasteiger partial charge in [-0.25, -0.2) is 0 Å². The SMILES string of the molecule is CC(C)(C)c1cc(CN2CC(C(=O)O)CC2=O)[nH]n1. The van der Waals surface area contributed by atoms with Gasteiger partial charge in [0.15, 0.2) is 0 Å². The van der Waals surface area contributed by atoms with Crippen LogP contribution in [0.2, 0.25) is 0 Å². The number of aliphatic carboxylic acids is 1. The number of hydrogen-bond donors (Lipinski definition) is 2. The van der Waals surface area contributed by atoms with E-state index in [0.717, 1.165) is 11.4 Å². The number of aromatic amines is 1. The van der Waals surface area contributed by atoms with Crippen LogP contribution < -0.4 is 0 Å². The van der Waals surface area contributed by atoms with Crippen molar-refractivity contribution in [1.82, 2.24) is 15.1 Å². The smallest absolute Gasteiger partial charge is 0.308 e. The zero-order valence-electron chi connectivity index (χ0n) is 11.4. The minimum atomic E-state index is -0.907. The molecule has 2 N–H and O–H groups in total. The Bertz CT molecular complexity index is 501. The van der Waals surface area contributed by atoms with E-state index in [9.17, 15) is 9.59 Å². The van der Waals surface area contributed by atoms with Crippen LogP contribution in [0, 0.1) is 5.92 Å². The van der Waals surface area contributed by atoms with Crippen molar-refractivity contribution in [2.24, 2.45) is 5.92 Å². The number of carboxylic acid groups (broad SMARTS) is 1. The van der Waals surface area contributed by atoms with Gasteiger partial charge in [-0.3, -0.25) is 14.7 Å². The lowest BCUT2D eigenvalue weighted by Crippen LogP contribution is -2.25. The van der Waals surface area contributed by atoms with Gasteiger partial charge in [-0.1, -0.05) is 20.8 Å². The molecule has 1 saturated heterocycles. The van der Waals surface area contributed by atoms with Crippen molar-refractivity contribution in [3.8, 4) is 0 Å². The second kappa shape index (κ2) is 4.68. The van der Waals surface area contributed by atoms with Gasteiger partial charge in [0.25, 0.3) is 0 Å². The van der Waals surface area contributed by atoms with Gasteiger partial charge >= 0.3 is 5.97 Å². The average molecular weight is 265 g/mol. The molecule has 1 amide bonds. The van der Waals surface area contributed by atoms with Crippen LogP contribution >= 0.6 is 0 Å². The molecule has 0 aliphatic carbocycles. The fourth-order valence-electron chi connectivity index (χ4n) is 2.12. The van der Waals surface area contributed by atoms with Crippen LogP contribution in [0.3, 0.4) is 0 Å². The number of carbonyl (C=O) groups excluding carboxylic acids is 1. The highest BCUT2D eigenvalue weighted by molar-refractivity contribution is 5.86. The standard InChI is InChI=1S/C13H19N3O3/c1-13(2,3)10-5-9(14-15-10)7-16-6-8(12(18)19)4-11(16)17/h5,8H,4,6-7H2,1-3H3,(H,14,15)(H,18,19). The molecule has 0 aromatic carbocycles. The van der Waals surface area contributed by atoms with Gasteiger partial charge in [0, 0.05) is 18.4 Å². The molecule has 2 rings (SSSR count). The van der Waals surface area contributed by atoms with Crippen molar-refractivity contribution < 1.29 is 14.7 Å². The molecule has 19 heavy (non-hydrogen) atoms. The summed E-state index contributed by atoms with van der Waals surface area (Å²) < 4.78 is 0. The van der Waals surface area contributed by atoms with Gasteiger partial charge in [0.05, 0.1) is 23.9 Å². The molecule has 6 nitrogen and oxygen atoms in total. The molecule has 0 bridgehead atoms. The number of carbonyl (C=O) groups is 2. The zero-order chi connectivity index (χ0) is 14.2. The molecule has 2 heterocycles. The Balaban J connectivity index is 2.04. The molecule has 1 aliphatic rings. The van der Waals surface area contributed by atoms with Crippen LogP contribution in [0.4, 0.5) is 0 Å².